The van der Waals surface area contributed by atoms with Crippen molar-refractivity contribution < 1.29 is 4.39 Å². The Morgan fingerprint density at radius 1 is 1.00 bits per heavy atom. The summed E-state index contributed by atoms with van der Waals surface area (Å²) < 4.78 is 12.0. The Morgan fingerprint density at radius 2 is 1.44 bits per heavy atom. The Hall–Kier alpha value is -0.480. The van der Waals surface area contributed by atoms with Gasteiger partial charge in [0.15, 0.2) is 0 Å². The summed E-state index contributed by atoms with van der Waals surface area (Å²) in [6.45, 7) is 0. The van der Waals surface area contributed by atoms with Crippen LogP contribution in [0.4, 0.5) is 4.39 Å². The van der Waals surface area contributed by atoms with E-state index in [1.165, 1.54) is 0 Å². The summed E-state index contributed by atoms with van der Waals surface area (Å²) in [7, 11) is 0. The van der Waals surface area contributed by atoms with Crippen molar-refractivity contribution in [2.75, 3.05) is 0 Å². The van der Waals surface area contributed by atoms with Gasteiger partial charge in [-0.05, 0) is 23.2 Å². The first-order chi connectivity index (χ1) is 4.18. The van der Waals surface area contributed by atoms with Crippen LogP contribution in [-0.4, -0.2) is 15.0 Å². The van der Waals surface area contributed by atoms with Crippen LogP contribution < -0.4 is 0 Å². The number of halogens is 3. The van der Waals surface area contributed by atoms with E-state index < -0.39 is 6.08 Å². The van der Waals surface area contributed by atoms with Gasteiger partial charge in [-0.15, -0.1) is 0 Å². The largest absolute Gasteiger partial charge is 0.314 e. The Morgan fingerprint density at radius 3 is 1.78 bits per heavy atom. The predicted octanol–water partition coefficient (Wildman–Crippen LogP) is 1.32. The highest BCUT2D eigenvalue weighted by Gasteiger charge is 1.99. The van der Waals surface area contributed by atoms with Gasteiger partial charge in [-0.2, -0.15) is 19.3 Å². The molecule has 1 rings (SSSR count). The molecule has 1 heterocycles. The van der Waals surface area contributed by atoms with Gasteiger partial charge in [0.25, 0.3) is 0 Å². The fourth-order valence-corrected chi connectivity index (χ4v) is 0.646. The zero-order valence-electron chi connectivity index (χ0n) is 3.98. The van der Waals surface area contributed by atoms with Crippen LogP contribution in [0.5, 0.6) is 0 Å². The molecular formula is C3Cl2FN3. The van der Waals surface area contributed by atoms with Crippen LogP contribution in [0.3, 0.4) is 0 Å². The van der Waals surface area contributed by atoms with Gasteiger partial charge >= 0.3 is 6.08 Å². The van der Waals surface area contributed by atoms with E-state index in [0.29, 0.717) is 0 Å². The van der Waals surface area contributed by atoms with Crippen LogP contribution in [0.25, 0.3) is 0 Å². The van der Waals surface area contributed by atoms with Crippen LogP contribution in [0.2, 0.25) is 10.6 Å². The molecule has 0 radical (unpaired) electrons. The molecule has 0 saturated heterocycles. The molecule has 6 heteroatoms. The molecule has 1 aromatic rings. The maximum Gasteiger partial charge on any atom is 0.314 e. The van der Waals surface area contributed by atoms with Gasteiger partial charge in [-0.3, -0.25) is 0 Å². The third-order valence-corrected chi connectivity index (χ3v) is 0.892. The molecule has 0 N–H and O–H groups in total. The van der Waals surface area contributed by atoms with E-state index in [0.717, 1.165) is 0 Å². The average molecular weight is 168 g/mol. The lowest BCUT2D eigenvalue weighted by Gasteiger charge is -1.87. The molecule has 0 bridgehead atoms. The fourth-order valence-electron chi connectivity index (χ4n) is 0.303. The molecule has 0 aliphatic heterocycles. The quantitative estimate of drug-likeness (QED) is 0.586. The van der Waals surface area contributed by atoms with Crippen LogP contribution >= 0.6 is 23.2 Å². The number of aromatic nitrogens is 3. The van der Waals surface area contributed by atoms with E-state index in [2.05, 4.69) is 15.0 Å². The highest BCUT2D eigenvalue weighted by atomic mass is 35.5. The summed E-state index contributed by atoms with van der Waals surface area (Å²) in [5.41, 5.74) is 0. The van der Waals surface area contributed by atoms with Gasteiger partial charge in [0.2, 0.25) is 10.6 Å². The van der Waals surface area contributed by atoms with E-state index in [1.807, 2.05) is 0 Å². The van der Waals surface area contributed by atoms with Gasteiger partial charge in [0.05, 0.1) is 0 Å². The molecule has 0 fully saturated rings. The number of nitrogens with zero attached hydrogens (tertiary/aromatic N) is 3. The highest BCUT2D eigenvalue weighted by Crippen LogP contribution is 2.04. The van der Waals surface area contributed by atoms with Gasteiger partial charge in [-0.1, -0.05) is 0 Å². The smallest absolute Gasteiger partial charge is 0.187 e. The molecule has 0 amide bonds. The minimum atomic E-state index is -0.972. The predicted molar refractivity (Wildman–Crippen MR) is 29.8 cm³/mol. The number of hydrogen-bond donors (Lipinski definition) is 0. The Bertz CT molecular complexity index is 178. The zero-order valence-corrected chi connectivity index (χ0v) is 5.49. The summed E-state index contributed by atoms with van der Waals surface area (Å²) >= 11 is 10.3. The number of rotatable bonds is 0. The first-order valence-electron chi connectivity index (χ1n) is 1.91. The summed E-state index contributed by atoms with van der Waals surface area (Å²) in [5.74, 6) is 0. The maximum absolute atomic E-state index is 12.0. The van der Waals surface area contributed by atoms with Gasteiger partial charge in [0, 0.05) is 0 Å². The molecule has 9 heavy (non-hydrogen) atoms. The second-order valence-electron chi connectivity index (χ2n) is 1.14. The summed E-state index contributed by atoms with van der Waals surface area (Å²) in [5, 5.41) is -0.486. The molecule has 1 aromatic heterocycles. The first kappa shape index (κ1) is 6.64. The molecule has 0 aliphatic carbocycles. The van der Waals surface area contributed by atoms with E-state index in [4.69, 9.17) is 23.2 Å². The monoisotopic (exact) mass is 167 g/mol. The third kappa shape index (κ3) is 1.73. The number of hydrogen-bond acceptors (Lipinski definition) is 3. The third-order valence-electron chi connectivity index (χ3n) is 0.554. The molecule has 0 aliphatic rings. The van der Waals surface area contributed by atoms with Crippen molar-refractivity contribution in [2.24, 2.45) is 0 Å². The maximum atomic E-state index is 12.0. The molecular weight excluding hydrogens is 168 g/mol. The van der Waals surface area contributed by atoms with Crippen molar-refractivity contribution in [3.8, 4) is 0 Å². The van der Waals surface area contributed by atoms with Crippen molar-refractivity contribution in [1.29, 1.82) is 0 Å². The van der Waals surface area contributed by atoms with Gasteiger partial charge < -0.3 is 0 Å². The van der Waals surface area contributed by atoms with E-state index >= 15 is 0 Å². The Kier molecular flexibility index (Phi) is 1.78. The van der Waals surface area contributed by atoms with Crippen molar-refractivity contribution in [3.63, 3.8) is 0 Å². The normalized spacial score (nSPS) is 9.67. The summed E-state index contributed by atoms with van der Waals surface area (Å²) in [4.78, 5) is 9.36. The Balaban J connectivity index is 3.17. The van der Waals surface area contributed by atoms with Crippen molar-refractivity contribution in [3.05, 3.63) is 16.6 Å². The molecule has 0 unspecified atom stereocenters. The topological polar surface area (TPSA) is 38.7 Å². The zero-order chi connectivity index (χ0) is 6.85. The Labute approximate surface area is 59.9 Å². The molecule has 3 nitrogen and oxygen atoms in total. The van der Waals surface area contributed by atoms with Crippen LogP contribution in [-0.2, 0) is 0 Å². The highest BCUT2D eigenvalue weighted by molar-refractivity contribution is 6.30. The van der Waals surface area contributed by atoms with Crippen molar-refractivity contribution >= 4 is 23.2 Å². The minimum Gasteiger partial charge on any atom is -0.187 e. The van der Waals surface area contributed by atoms with Gasteiger partial charge in [-0.25, -0.2) is 0 Å². The van der Waals surface area contributed by atoms with Crippen LogP contribution in [0, 0.1) is 6.08 Å². The lowest BCUT2D eigenvalue weighted by atomic mass is 11.0. The van der Waals surface area contributed by atoms with Gasteiger partial charge in [0.1, 0.15) is 0 Å². The second-order valence-corrected chi connectivity index (χ2v) is 1.82. The van der Waals surface area contributed by atoms with Crippen molar-refractivity contribution in [1.82, 2.24) is 15.0 Å². The first-order valence-corrected chi connectivity index (χ1v) is 2.66. The molecule has 0 aromatic carbocycles. The van der Waals surface area contributed by atoms with E-state index in [1.54, 1.807) is 0 Å². The summed E-state index contributed by atoms with van der Waals surface area (Å²) in [6.07, 6.45) is -0.972. The molecule has 0 atom stereocenters. The minimum absolute atomic E-state index is 0.243. The van der Waals surface area contributed by atoms with Crippen LogP contribution in [0.15, 0.2) is 0 Å². The van der Waals surface area contributed by atoms with E-state index in [9.17, 15) is 4.39 Å². The standard InChI is InChI=1S/C3Cl2FN3/c4-1-7-2(5)9-3(6)8-1. The lowest BCUT2D eigenvalue weighted by molar-refractivity contribution is 0.532. The molecule has 0 saturated carbocycles. The SMILES string of the molecule is Fc1nc(Cl)nc(Cl)n1. The van der Waals surface area contributed by atoms with Crippen molar-refractivity contribution in [2.45, 2.75) is 0 Å². The molecule has 0 spiro atoms. The molecule has 48 valence electrons. The summed E-state index contributed by atoms with van der Waals surface area (Å²) in [6, 6.07) is 0. The average Bonchev–Trinajstić information content (AvgIpc) is 1.59. The van der Waals surface area contributed by atoms with E-state index in [-0.39, 0.29) is 10.6 Å². The second kappa shape index (κ2) is 2.41. The van der Waals surface area contributed by atoms with Crippen LogP contribution in [0.1, 0.15) is 0 Å². The fraction of sp³-hybridized carbons (Fsp3) is 0. The lowest BCUT2D eigenvalue weighted by Crippen LogP contribution is -1.92.